The number of fused-ring (bicyclic) bond motifs is 1. The number of hydrogen-bond acceptors (Lipinski definition) is 5. The molecule has 0 unspecified atom stereocenters. The third kappa shape index (κ3) is 3.83. The monoisotopic (exact) mass is 420 g/mol. The van der Waals surface area contributed by atoms with Crippen molar-refractivity contribution in [1.82, 2.24) is 4.90 Å². The molecule has 1 aromatic heterocycles. The van der Waals surface area contributed by atoms with Crippen LogP contribution in [0, 0.1) is 0 Å². The van der Waals surface area contributed by atoms with Crippen molar-refractivity contribution in [1.29, 1.82) is 0 Å². The Morgan fingerprint density at radius 1 is 1.16 bits per heavy atom. The molecule has 6 heteroatoms. The molecule has 1 aliphatic rings. The van der Waals surface area contributed by atoms with Gasteiger partial charge in [-0.05, 0) is 69.3 Å². The highest BCUT2D eigenvalue weighted by Crippen LogP contribution is 2.49. The predicted molar refractivity (Wildman–Crippen MR) is 122 cm³/mol. The Kier molecular flexibility index (Phi) is 5.58. The smallest absolute Gasteiger partial charge is 0.349 e. The van der Waals surface area contributed by atoms with Gasteiger partial charge in [-0.15, -0.1) is 0 Å². The van der Waals surface area contributed by atoms with Gasteiger partial charge in [-0.3, -0.25) is 9.69 Å². The van der Waals surface area contributed by atoms with Gasteiger partial charge in [-0.25, -0.2) is 4.79 Å². The standard InChI is InChI=1S/C25H28N2O4/c1-5-6-19-21(30-4)12-7-16-15-20(24(29)31-22(16)19)23(28)26-18-10-8-17(9-11-18)25(13-14-25)27(2)3/h7-12,15H,5-6,13-14H2,1-4H3,(H,26,28). The molecule has 4 rings (SSSR count). The van der Waals surface area contributed by atoms with Crippen LogP contribution < -0.4 is 15.7 Å². The summed E-state index contributed by atoms with van der Waals surface area (Å²) in [6.45, 7) is 2.05. The Hall–Kier alpha value is -3.12. The summed E-state index contributed by atoms with van der Waals surface area (Å²) >= 11 is 0. The number of methoxy groups -OCH3 is 1. The van der Waals surface area contributed by atoms with Crippen molar-refractivity contribution in [3.63, 3.8) is 0 Å². The number of carbonyl (C=O) groups is 1. The second kappa shape index (κ2) is 8.19. The van der Waals surface area contributed by atoms with Crippen LogP contribution in [0.15, 0.2) is 51.7 Å². The summed E-state index contributed by atoms with van der Waals surface area (Å²) in [6.07, 6.45) is 3.87. The number of aryl methyl sites for hydroxylation is 1. The number of amides is 1. The Morgan fingerprint density at radius 3 is 2.45 bits per heavy atom. The predicted octanol–water partition coefficient (Wildman–Crippen LogP) is 4.56. The molecule has 31 heavy (non-hydrogen) atoms. The summed E-state index contributed by atoms with van der Waals surface area (Å²) in [5, 5.41) is 3.52. The Balaban J connectivity index is 1.61. The van der Waals surface area contributed by atoms with E-state index < -0.39 is 11.5 Å². The molecule has 0 atom stereocenters. The number of carbonyl (C=O) groups excluding carboxylic acids is 1. The lowest BCUT2D eigenvalue weighted by Gasteiger charge is -2.24. The lowest BCUT2D eigenvalue weighted by Crippen LogP contribution is -2.27. The fourth-order valence-corrected chi connectivity index (χ4v) is 4.24. The molecule has 0 radical (unpaired) electrons. The van der Waals surface area contributed by atoms with Gasteiger partial charge in [0.2, 0.25) is 0 Å². The van der Waals surface area contributed by atoms with Crippen molar-refractivity contribution in [3.05, 3.63) is 69.6 Å². The lowest BCUT2D eigenvalue weighted by molar-refractivity contribution is 0.102. The highest BCUT2D eigenvalue weighted by Gasteiger charge is 2.46. The largest absolute Gasteiger partial charge is 0.496 e. The van der Waals surface area contributed by atoms with Crippen molar-refractivity contribution < 1.29 is 13.9 Å². The van der Waals surface area contributed by atoms with E-state index in [2.05, 4.69) is 24.3 Å². The molecule has 162 valence electrons. The van der Waals surface area contributed by atoms with Gasteiger partial charge in [-0.2, -0.15) is 0 Å². The van der Waals surface area contributed by atoms with Crippen molar-refractivity contribution in [2.24, 2.45) is 0 Å². The van der Waals surface area contributed by atoms with Gasteiger partial charge < -0.3 is 14.5 Å². The molecule has 1 N–H and O–H groups in total. The minimum Gasteiger partial charge on any atom is -0.496 e. The average Bonchev–Trinajstić information content (AvgIpc) is 3.56. The molecule has 0 aliphatic heterocycles. The van der Waals surface area contributed by atoms with Crippen LogP contribution in [0.5, 0.6) is 5.75 Å². The van der Waals surface area contributed by atoms with Crippen LogP contribution in [0.25, 0.3) is 11.0 Å². The molecule has 1 heterocycles. The maximum atomic E-state index is 12.8. The van der Waals surface area contributed by atoms with Gasteiger partial charge in [0, 0.05) is 22.2 Å². The summed E-state index contributed by atoms with van der Waals surface area (Å²) in [6, 6.07) is 13.1. The number of nitrogens with one attached hydrogen (secondary N) is 1. The van der Waals surface area contributed by atoms with Gasteiger partial charge in [0.25, 0.3) is 5.91 Å². The molecule has 0 bridgehead atoms. The van der Waals surface area contributed by atoms with Crippen molar-refractivity contribution in [3.8, 4) is 5.75 Å². The number of benzene rings is 2. The lowest BCUT2D eigenvalue weighted by atomic mass is 10.0. The molecule has 3 aromatic rings. The van der Waals surface area contributed by atoms with Gasteiger partial charge >= 0.3 is 5.63 Å². The first-order valence-corrected chi connectivity index (χ1v) is 10.6. The number of rotatable bonds is 7. The van der Waals surface area contributed by atoms with Crippen LogP contribution in [0.1, 0.15) is 47.7 Å². The molecule has 1 amide bonds. The molecule has 6 nitrogen and oxygen atoms in total. The van der Waals surface area contributed by atoms with E-state index in [1.54, 1.807) is 19.2 Å². The average molecular weight is 421 g/mol. The normalized spacial score (nSPS) is 14.6. The highest BCUT2D eigenvalue weighted by atomic mass is 16.5. The highest BCUT2D eigenvalue weighted by molar-refractivity contribution is 6.05. The first-order chi connectivity index (χ1) is 14.9. The summed E-state index contributed by atoms with van der Waals surface area (Å²) in [4.78, 5) is 27.7. The van der Waals surface area contributed by atoms with Crippen LogP contribution in [0.3, 0.4) is 0 Å². The van der Waals surface area contributed by atoms with Crippen molar-refractivity contribution in [2.45, 2.75) is 38.1 Å². The quantitative estimate of drug-likeness (QED) is 0.568. The summed E-state index contributed by atoms with van der Waals surface area (Å²) < 4.78 is 11.0. The summed E-state index contributed by atoms with van der Waals surface area (Å²) in [7, 11) is 5.77. The zero-order chi connectivity index (χ0) is 22.2. The topological polar surface area (TPSA) is 71.8 Å². The van der Waals surface area contributed by atoms with E-state index in [1.807, 2.05) is 37.3 Å². The fraction of sp³-hybridized carbons (Fsp3) is 0.360. The van der Waals surface area contributed by atoms with E-state index in [9.17, 15) is 9.59 Å². The Bertz CT molecular complexity index is 1170. The third-order valence-corrected chi connectivity index (χ3v) is 6.19. The maximum absolute atomic E-state index is 12.8. The van der Waals surface area contributed by atoms with E-state index in [0.717, 1.165) is 31.2 Å². The molecule has 0 spiro atoms. The minimum absolute atomic E-state index is 0.0175. The van der Waals surface area contributed by atoms with E-state index in [0.29, 0.717) is 22.4 Å². The molecule has 1 aliphatic carbocycles. The van der Waals surface area contributed by atoms with Crippen LogP contribution in [-0.4, -0.2) is 32.0 Å². The van der Waals surface area contributed by atoms with E-state index in [4.69, 9.17) is 9.15 Å². The van der Waals surface area contributed by atoms with Crippen LogP contribution in [0.2, 0.25) is 0 Å². The van der Waals surface area contributed by atoms with Crippen molar-refractivity contribution in [2.75, 3.05) is 26.5 Å². The number of anilines is 1. The van der Waals surface area contributed by atoms with E-state index >= 15 is 0 Å². The minimum atomic E-state index is -0.656. The van der Waals surface area contributed by atoms with Gasteiger partial charge in [0.15, 0.2) is 0 Å². The van der Waals surface area contributed by atoms with Crippen LogP contribution in [0.4, 0.5) is 5.69 Å². The van der Waals surface area contributed by atoms with Gasteiger partial charge in [-0.1, -0.05) is 25.5 Å². The fourth-order valence-electron chi connectivity index (χ4n) is 4.24. The van der Waals surface area contributed by atoms with Gasteiger partial charge in [0.1, 0.15) is 16.9 Å². The number of hydrogen-bond donors (Lipinski definition) is 1. The molecular weight excluding hydrogens is 392 g/mol. The zero-order valence-corrected chi connectivity index (χ0v) is 18.5. The van der Waals surface area contributed by atoms with Crippen LogP contribution >= 0.6 is 0 Å². The SMILES string of the molecule is CCCc1c(OC)ccc2cc(C(=O)Nc3ccc(C4(N(C)C)CC4)cc3)c(=O)oc12. The van der Waals surface area contributed by atoms with Gasteiger partial charge in [0.05, 0.1) is 7.11 Å². The zero-order valence-electron chi connectivity index (χ0n) is 18.5. The number of nitrogens with zero attached hydrogens (tertiary/aromatic N) is 1. The Labute approximate surface area is 181 Å². The molecule has 2 aromatic carbocycles. The molecule has 1 saturated carbocycles. The van der Waals surface area contributed by atoms with Crippen molar-refractivity contribution >= 4 is 22.6 Å². The molecular formula is C25H28N2O4. The second-order valence-corrected chi connectivity index (χ2v) is 8.32. The summed E-state index contributed by atoms with van der Waals surface area (Å²) in [5.74, 6) is 0.200. The third-order valence-electron chi connectivity index (χ3n) is 6.19. The first kappa shape index (κ1) is 21.1. The van der Waals surface area contributed by atoms with Crippen LogP contribution in [-0.2, 0) is 12.0 Å². The van der Waals surface area contributed by atoms with E-state index in [-0.39, 0.29) is 11.1 Å². The maximum Gasteiger partial charge on any atom is 0.349 e. The molecule has 1 fully saturated rings. The second-order valence-electron chi connectivity index (χ2n) is 8.32. The van der Waals surface area contributed by atoms with E-state index in [1.165, 1.54) is 5.56 Å². The Morgan fingerprint density at radius 2 is 1.87 bits per heavy atom. The first-order valence-electron chi connectivity index (χ1n) is 10.6. The summed E-state index contributed by atoms with van der Waals surface area (Å²) in [5.41, 5.74) is 2.64. The number of ether oxygens (including phenoxy) is 1. The molecule has 0 saturated heterocycles.